The highest BCUT2D eigenvalue weighted by Crippen LogP contribution is 2.28. The molecule has 2 aromatic carbocycles. The van der Waals surface area contributed by atoms with E-state index in [1.165, 1.54) is 5.56 Å². The van der Waals surface area contributed by atoms with Crippen molar-refractivity contribution in [2.24, 2.45) is 0 Å². The Labute approximate surface area is 149 Å². The van der Waals surface area contributed by atoms with Crippen LogP contribution in [-0.4, -0.2) is 17.0 Å². The first kappa shape index (κ1) is 17.0. The van der Waals surface area contributed by atoms with E-state index in [9.17, 15) is 0 Å². The summed E-state index contributed by atoms with van der Waals surface area (Å²) in [6.07, 6.45) is 0. The second kappa shape index (κ2) is 7.34. The molecule has 1 aromatic heterocycles. The Morgan fingerprint density at radius 1 is 0.920 bits per heavy atom. The van der Waals surface area contributed by atoms with Crippen LogP contribution in [0.3, 0.4) is 0 Å². The SMILES string of the molecule is Cc1cc(Nc2ccccc2C(C)C)nc(N(C)c2ccccc2)n1. The maximum atomic E-state index is 4.71. The van der Waals surface area contributed by atoms with E-state index in [0.717, 1.165) is 22.9 Å². The van der Waals surface area contributed by atoms with E-state index < -0.39 is 0 Å². The van der Waals surface area contributed by atoms with Crippen LogP contribution in [0.5, 0.6) is 0 Å². The third kappa shape index (κ3) is 3.97. The van der Waals surface area contributed by atoms with Crippen molar-refractivity contribution in [3.63, 3.8) is 0 Å². The van der Waals surface area contributed by atoms with Crippen LogP contribution in [0, 0.1) is 6.92 Å². The van der Waals surface area contributed by atoms with E-state index >= 15 is 0 Å². The summed E-state index contributed by atoms with van der Waals surface area (Å²) in [4.78, 5) is 11.3. The van der Waals surface area contributed by atoms with Crippen molar-refractivity contribution in [3.8, 4) is 0 Å². The molecular weight excluding hydrogens is 308 g/mol. The predicted molar refractivity (Wildman–Crippen MR) is 105 cm³/mol. The second-order valence-electron chi connectivity index (χ2n) is 6.46. The number of rotatable bonds is 5. The minimum Gasteiger partial charge on any atom is -0.340 e. The molecular formula is C21H24N4. The molecule has 0 aliphatic heterocycles. The molecule has 0 saturated carbocycles. The van der Waals surface area contributed by atoms with Crippen molar-refractivity contribution in [3.05, 3.63) is 71.9 Å². The van der Waals surface area contributed by atoms with Crippen LogP contribution >= 0.6 is 0 Å². The molecule has 0 atom stereocenters. The lowest BCUT2D eigenvalue weighted by molar-refractivity contribution is 0.868. The van der Waals surface area contributed by atoms with Crippen LogP contribution in [0.2, 0.25) is 0 Å². The Morgan fingerprint density at radius 3 is 2.32 bits per heavy atom. The molecule has 1 N–H and O–H groups in total. The maximum absolute atomic E-state index is 4.71. The third-order valence-corrected chi connectivity index (χ3v) is 4.13. The summed E-state index contributed by atoms with van der Waals surface area (Å²) in [5.74, 6) is 1.92. The first-order valence-electron chi connectivity index (χ1n) is 8.55. The molecule has 25 heavy (non-hydrogen) atoms. The van der Waals surface area contributed by atoms with E-state index in [4.69, 9.17) is 4.98 Å². The minimum atomic E-state index is 0.443. The van der Waals surface area contributed by atoms with Gasteiger partial charge in [0.2, 0.25) is 5.95 Å². The Balaban J connectivity index is 1.93. The van der Waals surface area contributed by atoms with Crippen molar-refractivity contribution in [1.82, 2.24) is 9.97 Å². The topological polar surface area (TPSA) is 41.1 Å². The van der Waals surface area contributed by atoms with Crippen molar-refractivity contribution >= 4 is 23.1 Å². The van der Waals surface area contributed by atoms with Gasteiger partial charge < -0.3 is 10.2 Å². The van der Waals surface area contributed by atoms with Crippen LogP contribution in [0.4, 0.5) is 23.1 Å². The van der Waals surface area contributed by atoms with E-state index in [1.807, 2.05) is 61.3 Å². The fraction of sp³-hybridized carbons (Fsp3) is 0.238. The van der Waals surface area contributed by atoms with E-state index in [2.05, 4.69) is 42.3 Å². The van der Waals surface area contributed by atoms with Gasteiger partial charge in [0.05, 0.1) is 0 Å². The molecule has 0 aliphatic carbocycles. The van der Waals surface area contributed by atoms with Gasteiger partial charge in [-0.2, -0.15) is 4.98 Å². The van der Waals surface area contributed by atoms with Gasteiger partial charge in [0, 0.05) is 30.2 Å². The van der Waals surface area contributed by atoms with Gasteiger partial charge in [-0.1, -0.05) is 50.2 Å². The first-order valence-corrected chi connectivity index (χ1v) is 8.55. The Kier molecular flexibility index (Phi) is 4.98. The Morgan fingerprint density at radius 2 is 1.60 bits per heavy atom. The van der Waals surface area contributed by atoms with Crippen LogP contribution in [-0.2, 0) is 0 Å². The molecule has 3 aromatic rings. The maximum Gasteiger partial charge on any atom is 0.231 e. The molecule has 0 amide bonds. The zero-order chi connectivity index (χ0) is 17.8. The van der Waals surface area contributed by atoms with Gasteiger partial charge >= 0.3 is 0 Å². The van der Waals surface area contributed by atoms with Crippen LogP contribution < -0.4 is 10.2 Å². The van der Waals surface area contributed by atoms with E-state index in [0.29, 0.717) is 11.9 Å². The number of hydrogen-bond donors (Lipinski definition) is 1. The van der Waals surface area contributed by atoms with Crippen molar-refractivity contribution in [2.45, 2.75) is 26.7 Å². The van der Waals surface area contributed by atoms with Crippen molar-refractivity contribution in [1.29, 1.82) is 0 Å². The zero-order valence-corrected chi connectivity index (χ0v) is 15.2. The number of anilines is 4. The fourth-order valence-electron chi connectivity index (χ4n) is 2.79. The summed E-state index contributed by atoms with van der Waals surface area (Å²) < 4.78 is 0. The number of nitrogens with one attached hydrogen (secondary N) is 1. The highest BCUT2D eigenvalue weighted by molar-refractivity contribution is 5.64. The number of benzene rings is 2. The zero-order valence-electron chi connectivity index (χ0n) is 15.2. The lowest BCUT2D eigenvalue weighted by Gasteiger charge is -2.19. The van der Waals surface area contributed by atoms with Gasteiger partial charge in [-0.3, -0.25) is 0 Å². The molecule has 3 rings (SSSR count). The molecule has 0 saturated heterocycles. The molecule has 0 unspecified atom stereocenters. The van der Waals surface area contributed by atoms with Gasteiger partial charge in [0.15, 0.2) is 0 Å². The average molecular weight is 332 g/mol. The van der Waals surface area contributed by atoms with Crippen molar-refractivity contribution in [2.75, 3.05) is 17.3 Å². The molecule has 0 fully saturated rings. The summed E-state index contributed by atoms with van der Waals surface area (Å²) in [5, 5.41) is 3.46. The number of para-hydroxylation sites is 2. The molecule has 1 heterocycles. The van der Waals surface area contributed by atoms with Crippen LogP contribution in [0.25, 0.3) is 0 Å². The standard InChI is InChI=1S/C21H24N4/c1-15(2)18-12-8-9-13-19(18)23-20-14-16(3)22-21(24-20)25(4)17-10-6-5-7-11-17/h5-15H,1-4H3,(H,22,23,24). The smallest absolute Gasteiger partial charge is 0.231 e. The van der Waals surface area contributed by atoms with Crippen molar-refractivity contribution < 1.29 is 0 Å². The monoisotopic (exact) mass is 332 g/mol. The Bertz CT molecular complexity index is 844. The van der Waals surface area contributed by atoms with Gasteiger partial charge in [0.25, 0.3) is 0 Å². The molecule has 0 radical (unpaired) electrons. The summed E-state index contributed by atoms with van der Waals surface area (Å²) in [6.45, 7) is 6.38. The normalized spacial score (nSPS) is 10.8. The van der Waals surface area contributed by atoms with E-state index in [-0.39, 0.29) is 0 Å². The molecule has 4 heteroatoms. The summed E-state index contributed by atoms with van der Waals surface area (Å²) >= 11 is 0. The summed E-state index contributed by atoms with van der Waals surface area (Å²) in [6, 6.07) is 20.5. The van der Waals surface area contributed by atoms with Crippen LogP contribution in [0.15, 0.2) is 60.7 Å². The molecule has 4 nitrogen and oxygen atoms in total. The number of aromatic nitrogens is 2. The predicted octanol–water partition coefficient (Wildman–Crippen LogP) is 5.42. The average Bonchev–Trinajstić information content (AvgIpc) is 2.61. The minimum absolute atomic E-state index is 0.443. The molecule has 0 aliphatic rings. The molecule has 0 bridgehead atoms. The Hall–Kier alpha value is -2.88. The van der Waals surface area contributed by atoms with Gasteiger partial charge in [0.1, 0.15) is 5.82 Å². The second-order valence-corrected chi connectivity index (χ2v) is 6.46. The lowest BCUT2D eigenvalue weighted by Crippen LogP contribution is -2.14. The summed E-state index contributed by atoms with van der Waals surface area (Å²) in [7, 11) is 1.98. The number of aryl methyl sites for hydroxylation is 1. The fourth-order valence-corrected chi connectivity index (χ4v) is 2.79. The number of hydrogen-bond acceptors (Lipinski definition) is 4. The third-order valence-electron chi connectivity index (χ3n) is 4.13. The lowest BCUT2D eigenvalue weighted by atomic mass is 10.0. The summed E-state index contributed by atoms with van der Waals surface area (Å²) in [5.41, 5.74) is 4.35. The largest absolute Gasteiger partial charge is 0.340 e. The first-order chi connectivity index (χ1) is 12.0. The van der Waals surface area contributed by atoms with Gasteiger partial charge in [-0.15, -0.1) is 0 Å². The van der Waals surface area contributed by atoms with E-state index in [1.54, 1.807) is 0 Å². The highest BCUT2D eigenvalue weighted by Gasteiger charge is 2.11. The highest BCUT2D eigenvalue weighted by atomic mass is 15.3. The molecule has 0 spiro atoms. The number of nitrogens with zero attached hydrogens (tertiary/aromatic N) is 3. The van der Waals surface area contributed by atoms with Gasteiger partial charge in [-0.05, 0) is 36.6 Å². The molecule has 128 valence electrons. The quantitative estimate of drug-likeness (QED) is 0.677. The van der Waals surface area contributed by atoms with Crippen LogP contribution in [0.1, 0.15) is 31.0 Å². The van der Waals surface area contributed by atoms with Gasteiger partial charge in [-0.25, -0.2) is 4.98 Å².